The number of nitrogens with one attached hydrogen (secondary N) is 2. The van der Waals surface area contributed by atoms with E-state index >= 15 is 0 Å². The molecule has 0 bridgehead atoms. The number of rotatable bonds is 6. The molecule has 1 amide bonds. The van der Waals surface area contributed by atoms with Crippen LogP contribution in [-0.4, -0.2) is 26.0 Å². The van der Waals surface area contributed by atoms with Crippen molar-refractivity contribution in [1.82, 2.24) is 5.32 Å². The highest BCUT2D eigenvalue weighted by molar-refractivity contribution is 5.96. The molecule has 5 nitrogen and oxygen atoms in total. The number of quaternary nitrogens is 1. The van der Waals surface area contributed by atoms with Gasteiger partial charge in [-0.2, -0.15) is 0 Å². The number of likely N-dealkylation sites (N-methyl/N-ethyl adjacent to an activating group) is 1. The molecule has 0 saturated heterocycles. The molecule has 1 aromatic heterocycles. The van der Waals surface area contributed by atoms with Crippen LogP contribution < -0.4 is 15.8 Å². The third-order valence-electron chi connectivity index (χ3n) is 3.75. The number of hydrogen-bond acceptors (Lipinski definition) is 3. The molecule has 1 atom stereocenters. The van der Waals surface area contributed by atoms with Crippen LogP contribution >= 0.6 is 0 Å². The highest BCUT2D eigenvalue weighted by Gasteiger charge is 2.15. The second kappa shape index (κ2) is 7.74. The van der Waals surface area contributed by atoms with Crippen LogP contribution in [0.15, 0.2) is 45.6 Å². The molecule has 2 rings (SSSR count). The minimum atomic E-state index is -0.427. The molecule has 1 unspecified atom stereocenters. The Balaban J connectivity index is 1.87. The average molecular weight is 315 g/mol. The summed E-state index contributed by atoms with van der Waals surface area (Å²) in [7, 11) is 2.09. The summed E-state index contributed by atoms with van der Waals surface area (Å²) in [6, 6.07) is 11.6. The molecule has 0 spiro atoms. The van der Waals surface area contributed by atoms with Crippen LogP contribution in [0.5, 0.6) is 0 Å². The van der Waals surface area contributed by atoms with Crippen molar-refractivity contribution >= 4 is 5.91 Å². The molecule has 0 radical (unpaired) electrons. The van der Waals surface area contributed by atoms with Gasteiger partial charge >= 0.3 is 5.63 Å². The third kappa shape index (κ3) is 4.79. The molecule has 0 saturated carbocycles. The standard InChI is InChI=1S/C18H22N2O3/c1-13-11-16(21)23-14(2)17(13)18(22)19-9-10-20(3)12-15-7-5-4-6-8-15/h4-8,11H,9-10,12H2,1-3H3,(H,19,22)/p+1. The van der Waals surface area contributed by atoms with Gasteiger partial charge in [-0.25, -0.2) is 4.79 Å². The lowest BCUT2D eigenvalue weighted by Gasteiger charge is -2.15. The number of hydrogen-bond donors (Lipinski definition) is 2. The van der Waals surface area contributed by atoms with E-state index in [1.807, 2.05) is 18.2 Å². The van der Waals surface area contributed by atoms with Crippen molar-refractivity contribution in [3.63, 3.8) is 0 Å². The lowest BCUT2D eigenvalue weighted by molar-refractivity contribution is -0.892. The molecule has 0 aliphatic rings. The summed E-state index contributed by atoms with van der Waals surface area (Å²) in [5.74, 6) is 0.161. The van der Waals surface area contributed by atoms with E-state index in [1.54, 1.807) is 13.8 Å². The van der Waals surface area contributed by atoms with Crippen molar-refractivity contribution in [3.8, 4) is 0 Å². The van der Waals surface area contributed by atoms with Gasteiger partial charge in [0.05, 0.1) is 25.7 Å². The first-order valence-electron chi connectivity index (χ1n) is 7.72. The number of amides is 1. The molecule has 2 aromatic rings. The molecule has 5 heteroatoms. The normalized spacial score (nSPS) is 12.0. The van der Waals surface area contributed by atoms with Crippen LogP contribution in [0.3, 0.4) is 0 Å². The van der Waals surface area contributed by atoms with Gasteiger partial charge < -0.3 is 14.6 Å². The second-order valence-corrected chi connectivity index (χ2v) is 5.81. The topological polar surface area (TPSA) is 63.8 Å². The lowest BCUT2D eigenvalue weighted by atomic mass is 10.1. The van der Waals surface area contributed by atoms with Crippen LogP contribution in [-0.2, 0) is 6.54 Å². The van der Waals surface area contributed by atoms with Crippen LogP contribution in [0, 0.1) is 13.8 Å². The predicted molar refractivity (Wildman–Crippen MR) is 88.7 cm³/mol. The van der Waals surface area contributed by atoms with Gasteiger partial charge in [0.2, 0.25) is 0 Å². The second-order valence-electron chi connectivity index (χ2n) is 5.81. The van der Waals surface area contributed by atoms with Gasteiger partial charge in [-0.1, -0.05) is 30.3 Å². The summed E-state index contributed by atoms with van der Waals surface area (Å²) in [6.45, 7) is 5.67. The smallest absolute Gasteiger partial charge is 0.336 e. The van der Waals surface area contributed by atoms with Crippen molar-refractivity contribution in [1.29, 1.82) is 0 Å². The largest absolute Gasteiger partial charge is 0.427 e. The molecule has 122 valence electrons. The number of carbonyl (C=O) groups is 1. The molecule has 2 N–H and O–H groups in total. The molecule has 0 aliphatic carbocycles. The fourth-order valence-electron chi connectivity index (χ4n) is 2.61. The maximum atomic E-state index is 12.3. The van der Waals surface area contributed by atoms with E-state index < -0.39 is 5.63 Å². The van der Waals surface area contributed by atoms with Gasteiger partial charge in [0.15, 0.2) is 0 Å². The number of benzene rings is 1. The molecule has 0 aliphatic heterocycles. The van der Waals surface area contributed by atoms with E-state index in [0.717, 1.165) is 13.1 Å². The van der Waals surface area contributed by atoms with Crippen LogP contribution in [0.2, 0.25) is 0 Å². The van der Waals surface area contributed by atoms with Gasteiger partial charge in [-0.05, 0) is 19.4 Å². The van der Waals surface area contributed by atoms with Crippen molar-refractivity contribution in [3.05, 3.63) is 69.3 Å². The summed E-state index contributed by atoms with van der Waals surface area (Å²) in [6.07, 6.45) is 0. The van der Waals surface area contributed by atoms with Crippen molar-refractivity contribution in [2.75, 3.05) is 20.1 Å². The van der Waals surface area contributed by atoms with Crippen molar-refractivity contribution in [2.45, 2.75) is 20.4 Å². The maximum absolute atomic E-state index is 12.3. The highest BCUT2D eigenvalue weighted by Crippen LogP contribution is 2.10. The lowest BCUT2D eigenvalue weighted by Crippen LogP contribution is -3.08. The maximum Gasteiger partial charge on any atom is 0.336 e. The zero-order valence-corrected chi connectivity index (χ0v) is 13.8. The summed E-state index contributed by atoms with van der Waals surface area (Å²) >= 11 is 0. The Bertz CT molecular complexity index is 697. The quantitative estimate of drug-likeness (QED) is 0.825. The van der Waals surface area contributed by atoms with Crippen LogP contribution in [0.1, 0.15) is 27.2 Å². The van der Waals surface area contributed by atoms with Crippen molar-refractivity contribution < 1.29 is 14.1 Å². The summed E-state index contributed by atoms with van der Waals surface area (Å²) in [5.41, 5.74) is 1.93. The fourth-order valence-corrected chi connectivity index (χ4v) is 2.61. The van der Waals surface area contributed by atoms with E-state index in [0.29, 0.717) is 23.4 Å². The number of aryl methyl sites for hydroxylation is 2. The first-order chi connectivity index (χ1) is 11.0. The van der Waals surface area contributed by atoms with Crippen molar-refractivity contribution in [2.24, 2.45) is 0 Å². The van der Waals surface area contributed by atoms with Crippen LogP contribution in [0.25, 0.3) is 0 Å². The predicted octanol–water partition coefficient (Wildman–Crippen LogP) is 0.701. The first-order valence-corrected chi connectivity index (χ1v) is 7.72. The fraction of sp³-hybridized carbons (Fsp3) is 0.333. The SMILES string of the molecule is Cc1cc(=O)oc(C)c1C(=O)NCC[NH+](C)Cc1ccccc1. The van der Waals surface area contributed by atoms with E-state index in [1.165, 1.54) is 16.5 Å². The van der Waals surface area contributed by atoms with E-state index in [2.05, 4.69) is 24.5 Å². The Morgan fingerprint density at radius 1 is 1.22 bits per heavy atom. The van der Waals surface area contributed by atoms with Crippen LogP contribution in [0.4, 0.5) is 0 Å². The average Bonchev–Trinajstić information content (AvgIpc) is 2.47. The molecule has 1 aromatic carbocycles. The Morgan fingerprint density at radius 2 is 1.91 bits per heavy atom. The zero-order chi connectivity index (χ0) is 16.8. The summed E-state index contributed by atoms with van der Waals surface area (Å²) in [5, 5.41) is 2.89. The Labute approximate surface area is 135 Å². The summed E-state index contributed by atoms with van der Waals surface area (Å²) < 4.78 is 5.00. The van der Waals surface area contributed by atoms with E-state index in [4.69, 9.17) is 4.42 Å². The number of carbonyl (C=O) groups excluding carboxylic acids is 1. The highest BCUT2D eigenvalue weighted by atomic mass is 16.4. The summed E-state index contributed by atoms with van der Waals surface area (Å²) in [4.78, 5) is 24.8. The molecule has 1 heterocycles. The minimum Gasteiger partial charge on any atom is -0.427 e. The zero-order valence-electron chi connectivity index (χ0n) is 13.8. The molecule has 0 fully saturated rings. The van der Waals surface area contributed by atoms with E-state index in [9.17, 15) is 9.59 Å². The molecular weight excluding hydrogens is 292 g/mol. The Morgan fingerprint density at radius 3 is 2.57 bits per heavy atom. The van der Waals surface area contributed by atoms with Gasteiger partial charge in [0.1, 0.15) is 12.3 Å². The van der Waals surface area contributed by atoms with Gasteiger partial charge in [-0.3, -0.25) is 4.79 Å². The van der Waals surface area contributed by atoms with Gasteiger partial charge in [-0.15, -0.1) is 0 Å². The minimum absolute atomic E-state index is 0.198. The third-order valence-corrected chi connectivity index (χ3v) is 3.75. The van der Waals surface area contributed by atoms with E-state index in [-0.39, 0.29) is 5.91 Å². The van der Waals surface area contributed by atoms with Gasteiger partial charge in [0.25, 0.3) is 5.91 Å². The molecular formula is C18H23N2O3+. The molecule has 23 heavy (non-hydrogen) atoms. The monoisotopic (exact) mass is 315 g/mol. The first kappa shape index (κ1) is 17.0. The Kier molecular flexibility index (Phi) is 5.71. The Hall–Kier alpha value is -2.40. The van der Waals surface area contributed by atoms with Gasteiger partial charge in [0, 0.05) is 11.6 Å².